The van der Waals surface area contributed by atoms with Crippen molar-refractivity contribution in [2.75, 3.05) is 24.6 Å². The summed E-state index contributed by atoms with van der Waals surface area (Å²) in [6.45, 7) is 5.75. The highest BCUT2D eigenvalue weighted by Crippen LogP contribution is 2.66. The summed E-state index contributed by atoms with van der Waals surface area (Å²) in [5.74, 6) is 0.360. The lowest BCUT2D eigenvalue weighted by Crippen LogP contribution is -2.69. The molecule has 4 aliphatic rings. The van der Waals surface area contributed by atoms with Crippen molar-refractivity contribution >= 4 is 11.6 Å². The number of aliphatic hydroxyl groups excluding tert-OH is 1. The summed E-state index contributed by atoms with van der Waals surface area (Å²) in [6, 6.07) is 8.37. The third-order valence-electron chi connectivity index (χ3n) is 7.07. The van der Waals surface area contributed by atoms with Gasteiger partial charge in [-0.15, -0.1) is 0 Å². The number of allylic oxidation sites excluding steroid dienone is 1. The third kappa shape index (κ3) is 1.54. The van der Waals surface area contributed by atoms with Crippen molar-refractivity contribution in [2.24, 2.45) is 5.92 Å². The van der Waals surface area contributed by atoms with E-state index in [1.54, 1.807) is 6.92 Å². The summed E-state index contributed by atoms with van der Waals surface area (Å²) in [6.07, 6.45) is 6.41. The maximum atomic E-state index is 12.8. The number of amides is 1. The van der Waals surface area contributed by atoms with E-state index in [0.29, 0.717) is 0 Å². The first-order valence-electron chi connectivity index (χ1n) is 9.22. The molecule has 0 radical (unpaired) electrons. The van der Waals surface area contributed by atoms with Crippen molar-refractivity contribution in [1.29, 1.82) is 0 Å². The topological polar surface area (TPSA) is 43.8 Å². The molecule has 0 saturated carbocycles. The van der Waals surface area contributed by atoms with Gasteiger partial charge in [0.15, 0.2) is 0 Å². The number of para-hydroxylation sites is 1. The molecule has 0 unspecified atom stereocenters. The highest BCUT2D eigenvalue weighted by Gasteiger charge is 2.71. The van der Waals surface area contributed by atoms with Gasteiger partial charge in [-0.3, -0.25) is 14.6 Å². The van der Waals surface area contributed by atoms with Crippen molar-refractivity contribution < 1.29 is 9.90 Å². The first kappa shape index (κ1) is 15.4. The largest absolute Gasteiger partial charge is 0.392 e. The Hall–Kier alpha value is -1.91. The predicted octanol–water partition coefficient (Wildman–Crippen LogP) is 2.59. The standard InChI is InChI=1S/C21H24N2O2/c1-3-15-12-22-9-8-20-10-16(13-24)17(15)11-21(20,22)23(14(2)25)19-7-5-4-6-18(19)20/h3-7,10,17,24H,8-9,11-13H2,1-2H3/b15-3-/t17-,20+,21+/m0/s1. The number of benzene rings is 1. The van der Waals surface area contributed by atoms with Crippen LogP contribution in [0.25, 0.3) is 0 Å². The van der Waals surface area contributed by atoms with Crippen LogP contribution in [-0.2, 0) is 10.2 Å². The number of rotatable bonds is 1. The molecule has 3 heterocycles. The van der Waals surface area contributed by atoms with E-state index >= 15 is 0 Å². The van der Waals surface area contributed by atoms with Crippen LogP contribution in [0.3, 0.4) is 0 Å². The molecule has 4 nitrogen and oxygen atoms in total. The van der Waals surface area contributed by atoms with Crippen LogP contribution >= 0.6 is 0 Å². The van der Waals surface area contributed by atoms with Crippen LogP contribution in [-0.4, -0.2) is 41.3 Å². The number of hydrogen-bond donors (Lipinski definition) is 1. The molecular formula is C21H24N2O2. The molecule has 5 rings (SSSR count). The van der Waals surface area contributed by atoms with Gasteiger partial charge in [0.1, 0.15) is 5.66 Å². The van der Waals surface area contributed by atoms with E-state index < -0.39 is 0 Å². The molecule has 1 aliphatic carbocycles. The summed E-state index contributed by atoms with van der Waals surface area (Å²) in [4.78, 5) is 17.4. The summed E-state index contributed by atoms with van der Waals surface area (Å²) >= 11 is 0. The van der Waals surface area contributed by atoms with E-state index in [4.69, 9.17) is 0 Å². The molecule has 0 aromatic heterocycles. The number of piperidine rings is 1. The second kappa shape index (κ2) is 4.83. The van der Waals surface area contributed by atoms with E-state index in [-0.39, 0.29) is 29.5 Å². The fourth-order valence-corrected chi connectivity index (χ4v) is 6.20. The number of carbonyl (C=O) groups excluding carboxylic acids is 1. The Morgan fingerprint density at radius 3 is 2.92 bits per heavy atom. The molecule has 3 atom stereocenters. The Morgan fingerprint density at radius 2 is 2.20 bits per heavy atom. The van der Waals surface area contributed by atoms with E-state index in [0.717, 1.165) is 37.2 Å². The van der Waals surface area contributed by atoms with Gasteiger partial charge in [-0.2, -0.15) is 0 Å². The zero-order valence-corrected chi connectivity index (χ0v) is 14.8. The van der Waals surface area contributed by atoms with Crippen molar-refractivity contribution in [3.8, 4) is 0 Å². The lowest BCUT2D eigenvalue weighted by Gasteiger charge is -2.57. The van der Waals surface area contributed by atoms with Crippen LogP contribution in [0.4, 0.5) is 5.69 Å². The number of fused-ring (bicyclic) bond motifs is 2. The van der Waals surface area contributed by atoms with Gasteiger partial charge in [0, 0.05) is 31.6 Å². The maximum Gasteiger partial charge on any atom is 0.225 e. The van der Waals surface area contributed by atoms with E-state index in [1.807, 2.05) is 6.07 Å². The summed E-state index contributed by atoms with van der Waals surface area (Å²) in [7, 11) is 0. The predicted molar refractivity (Wildman–Crippen MR) is 97.2 cm³/mol. The van der Waals surface area contributed by atoms with Crippen LogP contribution in [0.5, 0.6) is 0 Å². The van der Waals surface area contributed by atoms with Crippen molar-refractivity contribution in [2.45, 2.75) is 37.8 Å². The highest BCUT2D eigenvalue weighted by atomic mass is 16.3. The molecule has 2 fully saturated rings. The summed E-state index contributed by atoms with van der Waals surface area (Å²) in [5, 5.41) is 10.1. The second-order valence-electron chi connectivity index (χ2n) is 7.83. The fraction of sp³-hybridized carbons (Fsp3) is 0.476. The minimum Gasteiger partial charge on any atom is -0.392 e. The molecule has 4 heteroatoms. The fourth-order valence-electron chi connectivity index (χ4n) is 6.20. The van der Waals surface area contributed by atoms with Crippen molar-refractivity contribution in [3.05, 3.63) is 53.1 Å². The Bertz CT molecular complexity index is 842. The molecule has 25 heavy (non-hydrogen) atoms. The molecule has 2 saturated heterocycles. The Balaban J connectivity index is 1.85. The third-order valence-corrected chi connectivity index (χ3v) is 7.07. The number of hydrogen-bond acceptors (Lipinski definition) is 3. The van der Waals surface area contributed by atoms with Crippen LogP contribution in [0, 0.1) is 5.92 Å². The van der Waals surface area contributed by atoms with Gasteiger partial charge in [-0.1, -0.05) is 35.9 Å². The monoisotopic (exact) mass is 336 g/mol. The van der Waals surface area contributed by atoms with E-state index in [9.17, 15) is 9.90 Å². The van der Waals surface area contributed by atoms with Gasteiger partial charge >= 0.3 is 0 Å². The molecule has 2 bridgehead atoms. The highest BCUT2D eigenvalue weighted by molar-refractivity contribution is 5.98. The van der Waals surface area contributed by atoms with Crippen molar-refractivity contribution in [1.82, 2.24) is 4.90 Å². The molecule has 1 amide bonds. The number of anilines is 1. The summed E-state index contributed by atoms with van der Waals surface area (Å²) in [5.41, 5.74) is 4.31. The summed E-state index contributed by atoms with van der Waals surface area (Å²) < 4.78 is 0. The SMILES string of the molecule is C/C=C1/CN2CC[C@]34C=C(CO)[C@H]1C[C@]23N(C(C)=O)c1ccccc14. The van der Waals surface area contributed by atoms with E-state index in [2.05, 4.69) is 47.1 Å². The minimum absolute atomic E-state index is 0.0993. The van der Waals surface area contributed by atoms with Crippen molar-refractivity contribution in [3.63, 3.8) is 0 Å². The van der Waals surface area contributed by atoms with Crippen LogP contribution in [0.2, 0.25) is 0 Å². The molecule has 1 aromatic carbocycles. The molecule has 1 aromatic rings. The normalized spacial score (nSPS) is 37.1. The Morgan fingerprint density at radius 1 is 1.40 bits per heavy atom. The van der Waals surface area contributed by atoms with Gasteiger partial charge in [0.05, 0.1) is 12.0 Å². The second-order valence-corrected chi connectivity index (χ2v) is 7.83. The zero-order chi connectivity index (χ0) is 17.4. The van der Waals surface area contributed by atoms with Crippen LogP contribution < -0.4 is 4.90 Å². The van der Waals surface area contributed by atoms with Gasteiger partial charge in [-0.05, 0) is 37.0 Å². The van der Waals surface area contributed by atoms with E-state index in [1.165, 1.54) is 11.1 Å². The lowest BCUT2D eigenvalue weighted by molar-refractivity contribution is -0.120. The zero-order valence-electron chi connectivity index (χ0n) is 14.8. The van der Waals surface area contributed by atoms with Gasteiger partial charge < -0.3 is 5.11 Å². The number of nitrogens with zero attached hydrogens (tertiary/aromatic N) is 2. The molecule has 3 aliphatic heterocycles. The van der Waals surface area contributed by atoms with Crippen LogP contribution in [0.1, 0.15) is 32.3 Å². The van der Waals surface area contributed by atoms with Crippen LogP contribution in [0.15, 0.2) is 47.6 Å². The van der Waals surface area contributed by atoms with Gasteiger partial charge in [-0.25, -0.2) is 0 Å². The smallest absolute Gasteiger partial charge is 0.225 e. The Labute approximate surface area is 148 Å². The minimum atomic E-state index is -0.307. The molecular weight excluding hydrogens is 312 g/mol. The van der Waals surface area contributed by atoms with Gasteiger partial charge in [0.2, 0.25) is 5.91 Å². The maximum absolute atomic E-state index is 12.8. The first-order chi connectivity index (χ1) is 12.1. The molecule has 1 N–H and O–H groups in total. The average molecular weight is 336 g/mol. The Kier molecular flexibility index (Phi) is 2.97. The average Bonchev–Trinajstić information content (AvgIpc) is 3.09. The number of aliphatic hydroxyl groups is 1. The van der Waals surface area contributed by atoms with Gasteiger partial charge in [0.25, 0.3) is 0 Å². The lowest BCUT2D eigenvalue weighted by atomic mass is 9.60. The quantitative estimate of drug-likeness (QED) is 0.802. The molecule has 130 valence electrons. The number of carbonyl (C=O) groups is 1. The first-order valence-corrected chi connectivity index (χ1v) is 9.22. The molecule has 1 spiro atoms.